The fraction of sp³-hybridized carbons (Fsp3) is 0.893. The van der Waals surface area contributed by atoms with Crippen LogP contribution < -0.4 is 0 Å². The second-order valence-corrected chi connectivity index (χ2v) is 29.2. The number of allylic oxidation sites excluding steroid dienone is 4. The lowest BCUT2D eigenvalue weighted by Crippen LogP contribution is -2.30. The number of hydrogen-bond donors (Lipinski definition) is 3. The molecular formula is C75H142O17P2. The molecule has 0 fully saturated rings. The number of unbranched alkanes of at least 4 members (excludes halogenated alkanes) is 44. The van der Waals surface area contributed by atoms with E-state index in [1.54, 1.807) is 0 Å². The lowest BCUT2D eigenvalue weighted by Gasteiger charge is -2.21. The van der Waals surface area contributed by atoms with E-state index in [0.717, 1.165) is 122 Å². The number of esters is 4. The highest BCUT2D eigenvalue weighted by molar-refractivity contribution is 7.47. The maximum absolute atomic E-state index is 13.1. The van der Waals surface area contributed by atoms with Crippen LogP contribution in [0.1, 0.15) is 374 Å². The summed E-state index contributed by atoms with van der Waals surface area (Å²) in [5, 5.41) is 10.6. The van der Waals surface area contributed by atoms with Crippen molar-refractivity contribution in [2.45, 2.75) is 393 Å². The number of rotatable bonds is 74. The zero-order chi connectivity index (χ0) is 69.0. The van der Waals surface area contributed by atoms with Crippen molar-refractivity contribution in [2.24, 2.45) is 0 Å². The molecule has 0 rings (SSSR count). The fourth-order valence-corrected chi connectivity index (χ4v) is 12.6. The summed E-state index contributed by atoms with van der Waals surface area (Å²) in [6.45, 7) is 4.91. The molecule has 19 heteroatoms. The molecule has 0 saturated heterocycles. The van der Waals surface area contributed by atoms with E-state index >= 15 is 0 Å². The Morgan fingerprint density at radius 3 is 0.745 bits per heavy atom. The van der Waals surface area contributed by atoms with E-state index in [0.29, 0.717) is 25.7 Å². The van der Waals surface area contributed by atoms with Gasteiger partial charge in [-0.1, -0.05) is 296 Å². The van der Waals surface area contributed by atoms with Gasteiger partial charge < -0.3 is 33.8 Å². The monoisotopic (exact) mass is 1380 g/mol. The van der Waals surface area contributed by atoms with E-state index in [9.17, 15) is 43.2 Å². The molecule has 0 aliphatic rings. The van der Waals surface area contributed by atoms with Gasteiger partial charge in [0.25, 0.3) is 0 Å². The number of carbonyl (C=O) groups excluding carboxylic acids is 4. The van der Waals surface area contributed by atoms with Gasteiger partial charge in [0.15, 0.2) is 12.2 Å². The van der Waals surface area contributed by atoms with Gasteiger partial charge in [-0.15, -0.1) is 0 Å². The third-order valence-corrected chi connectivity index (χ3v) is 18.8. The van der Waals surface area contributed by atoms with E-state index in [1.807, 2.05) is 0 Å². The number of aliphatic hydroxyl groups is 1. The van der Waals surface area contributed by atoms with Crippen molar-refractivity contribution in [2.75, 3.05) is 39.6 Å². The first-order valence-electron chi connectivity index (χ1n) is 38.6. The molecule has 0 amide bonds. The predicted molar refractivity (Wildman–Crippen MR) is 381 cm³/mol. The Hall–Kier alpha value is -2.46. The van der Waals surface area contributed by atoms with Crippen LogP contribution in [0.3, 0.4) is 0 Å². The van der Waals surface area contributed by atoms with Gasteiger partial charge in [0.1, 0.15) is 19.3 Å². The fourth-order valence-electron chi connectivity index (χ4n) is 11.0. The highest BCUT2D eigenvalue weighted by Crippen LogP contribution is 2.45. The molecule has 0 aliphatic carbocycles. The van der Waals surface area contributed by atoms with Gasteiger partial charge in [-0.3, -0.25) is 37.3 Å². The number of carbonyl (C=O) groups is 4. The van der Waals surface area contributed by atoms with Gasteiger partial charge >= 0.3 is 39.5 Å². The number of hydrogen-bond acceptors (Lipinski definition) is 15. The highest BCUT2D eigenvalue weighted by Gasteiger charge is 2.30. The normalized spacial score (nSPS) is 14.1. The number of ether oxygens (including phenoxy) is 4. The van der Waals surface area contributed by atoms with Crippen molar-refractivity contribution in [3.05, 3.63) is 24.3 Å². The first kappa shape index (κ1) is 91.5. The van der Waals surface area contributed by atoms with Crippen LogP contribution in [0, 0.1) is 0 Å². The van der Waals surface area contributed by atoms with E-state index in [1.165, 1.54) is 173 Å². The molecule has 0 aromatic rings. The molecule has 5 atom stereocenters. The number of phosphoric ester groups is 2. The predicted octanol–water partition coefficient (Wildman–Crippen LogP) is 21.8. The van der Waals surface area contributed by atoms with Crippen LogP contribution in [0.5, 0.6) is 0 Å². The number of aliphatic hydroxyl groups excluding tert-OH is 1. The largest absolute Gasteiger partial charge is 0.472 e. The topological polar surface area (TPSA) is 237 Å². The van der Waals surface area contributed by atoms with E-state index in [2.05, 4.69) is 52.0 Å². The molecule has 0 aromatic heterocycles. The van der Waals surface area contributed by atoms with E-state index in [-0.39, 0.29) is 25.7 Å². The molecule has 0 heterocycles. The van der Waals surface area contributed by atoms with Crippen LogP contribution in [0.2, 0.25) is 0 Å². The molecule has 17 nitrogen and oxygen atoms in total. The summed E-state index contributed by atoms with van der Waals surface area (Å²) in [5.41, 5.74) is 0. The minimum absolute atomic E-state index is 0.0904. The van der Waals surface area contributed by atoms with Crippen molar-refractivity contribution in [1.82, 2.24) is 0 Å². The lowest BCUT2D eigenvalue weighted by molar-refractivity contribution is -0.161. The van der Waals surface area contributed by atoms with Gasteiger partial charge in [0, 0.05) is 25.7 Å². The minimum atomic E-state index is -4.96. The smallest absolute Gasteiger partial charge is 0.462 e. The zero-order valence-corrected chi connectivity index (χ0v) is 62.2. The van der Waals surface area contributed by atoms with Crippen LogP contribution in [0.25, 0.3) is 0 Å². The Morgan fingerprint density at radius 2 is 0.489 bits per heavy atom. The van der Waals surface area contributed by atoms with Crippen LogP contribution >= 0.6 is 15.6 Å². The van der Waals surface area contributed by atoms with Crippen molar-refractivity contribution >= 4 is 39.5 Å². The van der Waals surface area contributed by atoms with Crippen LogP contribution in [-0.4, -0.2) is 96.7 Å². The molecule has 0 spiro atoms. The molecule has 0 aromatic carbocycles. The summed E-state index contributed by atoms with van der Waals surface area (Å²) in [5.74, 6) is -2.15. The Bertz CT molecular complexity index is 1880. The van der Waals surface area contributed by atoms with Gasteiger partial charge in [0.05, 0.1) is 26.4 Å². The van der Waals surface area contributed by atoms with Crippen LogP contribution in [-0.2, 0) is 65.4 Å². The first-order chi connectivity index (χ1) is 45.7. The van der Waals surface area contributed by atoms with Gasteiger partial charge in [-0.05, 0) is 77.0 Å². The van der Waals surface area contributed by atoms with Crippen LogP contribution in [0.4, 0.5) is 0 Å². The maximum Gasteiger partial charge on any atom is 0.472 e. The quantitative estimate of drug-likeness (QED) is 0.0169. The molecule has 3 N–H and O–H groups in total. The molecule has 94 heavy (non-hydrogen) atoms. The van der Waals surface area contributed by atoms with Gasteiger partial charge in [-0.25, -0.2) is 9.13 Å². The van der Waals surface area contributed by atoms with E-state index in [4.69, 9.17) is 37.0 Å². The minimum Gasteiger partial charge on any atom is -0.462 e. The van der Waals surface area contributed by atoms with Crippen molar-refractivity contribution in [3.8, 4) is 0 Å². The average molecular weight is 1380 g/mol. The zero-order valence-electron chi connectivity index (χ0n) is 60.4. The SMILES string of the molecule is CCCCCC/C=C\CCCCCCCC(=O)OC[C@H](COP(=O)(O)OC[C@@H](O)COP(=O)(O)OC[C@@H](COC(=O)CCCCCCCCCCCCCCCCC)OC(=O)CCCCCCCCCCCCCCC)OC(=O)CCCCCCC/C=C\CCCCCC. The Morgan fingerprint density at radius 1 is 0.287 bits per heavy atom. The third kappa shape index (κ3) is 68.1. The summed E-state index contributed by atoms with van der Waals surface area (Å²) in [7, 11) is -9.92. The molecule has 554 valence electrons. The number of phosphoric acid groups is 2. The van der Waals surface area contributed by atoms with Gasteiger partial charge in [0.2, 0.25) is 0 Å². The standard InChI is InChI=1S/C75H142O17P2/c1-5-9-13-17-21-25-29-33-34-38-40-44-48-52-56-60-73(78)86-66-71(92-75(80)62-58-54-50-46-42-37-32-28-24-20-16-12-8-4)68-90-94(83,84)88-64-69(76)63-87-93(81,82)89-67-70(91-74(79)61-57-53-49-45-41-36-31-27-23-19-15-11-7-3)65-85-72(77)59-55-51-47-43-39-35-30-26-22-18-14-10-6-2/h26-27,30-31,69-71,76H,5-25,28-29,32-68H2,1-4H3,(H,81,82)(H,83,84)/b30-26-,31-27-/t69-,70-,71-/m1/s1. The first-order valence-corrected chi connectivity index (χ1v) is 41.6. The summed E-state index contributed by atoms with van der Waals surface area (Å²) in [6, 6.07) is 0. The van der Waals surface area contributed by atoms with E-state index < -0.39 is 97.5 Å². The molecule has 0 aliphatic heterocycles. The second-order valence-electron chi connectivity index (χ2n) is 26.3. The Labute approximate surface area is 573 Å². The maximum atomic E-state index is 13.1. The lowest BCUT2D eigenvalue weighted by atomic mass is 10.0. The van der Waals surface area contributed by atoms with Crippen molar-refractivity contribution in [3.63, 3.8) is 0 Å². The molecule has 0 saturated carbocycles. The van der Waals surface area contributed by atoms with Crippen molar-refractivity contribution in [1.29, 1.82) is 0 Å². The summed E-state index contributed by atoms with van der Waals surface area (Å²) in [4.78, 5) is 72.8. The Kier molecular flexibility index (Phi) is 67.2. The highest BCUT2D eigenvalue weighted by atomic mass is 31.2. The summed E-state index contributed by atoms with van der Waals surface area (Å²) >= 11 is 0. The third-order valence-electron chi connectivity index (χ3n) is 16.9. The van der Waals surface area contributed by atoms with Crippen LogP contribution in [0.15, 0.2) is 24.3 Å². The average Bonchev–Trinajstić information content (AvgIpc) is 2.45. The second kappa shape index (κ2) is 69.0. The molecule has 0 bridgehead atoms. The molecule has 0 radical (unpaired) electrons. The van der Waals surface area contributed by atoms with Gasteiger partial charge in [-0.2, -0.15) is 0 Å². The summed E-state index contributed by atoms with van der Waals surface area (Å²) < 4.78 is 68.5. The molecule has 2 unspecified atom stereocenters. The summed E-state index contributed by atoms with van der Waals surface area (Å²) in [6.07, 6.45) is 61.6. The van der Waals surface area contributed by atoms with Crippen molar-refractivity contribution < 1.29 is 80.2 Å². The Balaban J connectivity index is 5.28. The molecular weight excluding hydrogens is 1230 g/mol.